The van der Waals surface area contributed by atoms with Crippen molar-refractivity contribution >= 4 is 5.91 Å². The second-order valence-corrected chi connectivity index (χ2v) is 4.01. The van der Waals surface area contributed by atoms with Gasteiger partial charge in [0.1, 0.15) is 0 Å². The van der Waals surface area contributed by atoms with Gasteiger partial charge in [-0.15, -0.1) is 0 Å². The van der Waals surface area contributed by atoms with E-state index in [1.807, 2.05) is 0 Å². The molecular formula is C10H17NO2. The van der Waals surface area contributed by atoms with E-state index < -0.39 is 0 Å². The molecule has 3 nitrogen and oxygen atoms in total. The normalized spacial score (nSPS) is 28.5. The maximum Gasteiger partial charge on any atom is 0.223 e. The number of nitrogens with one attached hydrogen (secondary N) is 1. The van der Waals surface area contributed by atoms with Crippen molar-refractivity contribution in [2.45, 2.75) is 38.2 Å². The van der Waals surface area contributed by atoms with Crippen molar-refractivity contribution < 1.29 is 9.53 Å². The summed E-state index contributed by atoms with van der Waals surface area (Å²) in [5.74, 6) is 0.545. The lowest BCUT2D eigenvalue weighted by Gasteiger charge is -2.24. The van der Waals surface area contributed by atoms with Gasteiger partial charge in [-0.05, 0) is 25.7 Å². The van der Waals surface area contributed by atoms with Crippen molar-refractivity contribution in [1.82, 2.24) is 5.32 Å². The molecule has 13 heavy (non-hydrogen) atoms. The predicted octanol–water partition coefficient (Wildman–Crippen LogP) is 1.08. The molecule has 2 aliphatic rings. The molecule has 1 aliphatic heterocycles. The van der Waals surface area contributed by atoms with E-state index >= 15 is 0 Å². The van der Waals surface area contributed by atoms with Crippen molar-refractivity contribution in [3.8, 4) is 0 Å². The highest BCUT2D eigenvalue weighted by Crippen LogP contribution is 2.26. The van der Waals surface area contributed by atoms with E-state index in [0.717, 1.165) is 38.8 Å². The molecule has 0 bridgehead atoms. The van der Waals surface area contributed by atoms with Crippen LogP contribution < -0.4 is 5.32 Å². The van der Waals surface area contributed by atoms with Gasteiger partial charge < -0.3 is 10.1 Å². The first kappa shape index (κ1) is 9.00. The molecule has 1 saturated carbocycles. The smallest absolute Gasteiger partial charge is 0.223 e. The van der Waals surface area contributed by atoms with Crippen LogP contribution in [0.3, 0.4) is 0 Å². The third-order valence-corrected chi connectivity index (χ3v) is 3.00. The van der Waals surface area contributed by atoms with E-state index in [-0.39, 0.29) is 12.0 Å². The van der Waals surface area contributed by atoms with Gasteiger partial charge >= 0.3 is 0 Å². The Kier molecular flexibility index (Phi) is 2.83. The van der Waals surface area contributed by atoms with Crippen molar-refractivity contribution in [1.29, 1.82) is 0 Å². The maximum atomic E-state index is 11.4. The maximum absolute atomic E-state index is 11.4. The molecule has 1 unspecified atom stereocenters. The van der Waals surface area contributed by atoms with E-state index in [2.05, 4.69) is 5.32 Å². The third kappa shape index (κ3) is 2.21. The van der Waals surface area contributed by atoms with Crippen LogP contribution in [0.4, 0.5) is 0 Å². The summed E-state index contributed by atoms with van der Waals surface area (Å²) >= 11 is 0. The van der Waals surface area contributed by atoms with Gasteiger partial charge in [-0.3, -0.25) is 4.79 Å². The fraction of sp³-hybridized carbons (Fsp3) is 0.900. The molecule has 2 rings (SSSR count). The number of carbonyl (C=O) groups excluding carboxylic acids is 1. The summed E-state index contributed by atoms with van der Waals surface area (Å²) in [4.78, 5) is 11.4. The van der Waals surface area contributed by atoms with E-state index in [1.165, 1.54) is 6.42 Å². The largest absolute Gasteiger partial charge is 0.376 e. The molecule has 3 heteroatoms. The summed E-state index contributed by atoms with van der Waals surface area (Å²) in [6.45, 7) is 1.58. The second kappa shape index (κ2) is 4.09. The molecule has 0 aromatic rings. The van der Waals surface area contributed by atoms with Gasteiger partial charge in [0, 0.05) is 19.1 Å². The number of hydrogen-bond acceptors (Lipinski definition) is 2. The molecule has 2 fully saturated rings. The molecule has 1 aliphatic carbocycles. The Hall–Kier alpha value is -0.570. The topological polar surface area (TPSA) is 38.3 Å². The van der Waals surface area contributed by atoms with Crippen molar-refractivity contribution in [2.24, 2.45) is 5.92 Å². The molecule has 1 heterocycles. The minimum Gasteiger partial charge on any atom is -0.376 e. The Morgan fingerprint density at radius 1 is 1.31 bits per heavy atom. The van der Waals surface area contributed by atoms with Crippen molar-refractivity contribution in [3.63, 3.8) is 0 Å². The standard InChI is InChI=1S/C10H17NO2/c12-10(8-3-1-4-8)11-7-9-5-2-6-13-9/h8-9H,1-7H2,(H,11,12). The van der Waals surface area contributed by atoms with E-state index in [0.29, 0.717) is 5.92 Å². The van der Waals surface area contributed by atoms with Crippen LogP contribution in [0.2, 0.25) is 0 Å². The average molecular weight is 183 g/mol. The van der Waals surface area contributed by atoms with Gasteiger partial charge in [-0.25, -0.2) is 0 Å². The number of rotatable bonds is 3. The minimum absolute atomic E-state index is 0.238. The first-order valence-electron chi connectivity index (χ1n) is 5.25. The fourth-order valence-electron chi connectivity index (χ4n) is 1.83. The zero-order chi connectivity index (χ0) is 9.10. The molecule has 1 atom stereocenters. The third-order valence-electron chi connectivity index (χ3n) is 3.00. The number of carbonyl (C=O) groups is 1. The first-order chi connectivity index (χ1) is 6.36. The van der Waals surface area contributed by atoms with Gasteiger partial charge in [0.15, 0.2) is 0 Å². The summed E-state index contributed by atoms with van der Waals surface area (Å²) in [7, 11) is 0. The lowest BCUT2D eigenvalue weighted by molar-refractivity contribution is -0.127. The van der Waals surface area contributed by atoms with Crippen molar-refractivity contribution in [3.05, 3.63) is 0 Å². The van der Waals surface area contributed by atoms with Crippen LogP contribution in [0.25, 0.3) is 0 Å². The summed E-state index contributed by atoms with van der Waals surface area (Å²) < 4.78 is 5.42. The zero-order valence-electron chi connectivity index (χ0n) is 7.92. The van der Waals surface area contributed by atoms with Crippen LogP contribution >= 0.6 is 0 Å². The lowest BCUT2D eigenvalue weighted by atomic mass is 9.85. The van der Waals surface area contributed by atoms with Gasteiger partial charge in [-0.1, -0.05) is 6.42 Å². The predicted molar refractivity (Wildman–Crippen MR) is 49.3 cm³/mol. The summed E-state index contributed by atoms with van der Waals surface area (Å²) in [6, 6.07) is 0. The molecule has 0 radical (unpaired) electrons. The van der Waals surface area contributed by atoms with Gasteiger partial charge in [-0.2, -0.15) is 0 Å². The molecular weight excluding hydrogens is 166 g/mol. The first-order valence-corrected chi connectivity index (χ1v) is 5.25. The van der Waals surface area contributed by atoms with E-state index in [1.54, 1.807) is 0 Å². The molecule has 1 saturated heterocycles. The van der Waals surface area contributed by atoms with Gasteiger partial charge in [0.05, 0.1) is 6.10 Å². The summed E-state index contributed by atoms with van der Waals surface area (Å²) in [5, 5.41) is 2.96. The van der Waals surface area contributed by atoms with Crippen LogP contribution in [-0.2, 0) is 9.53 Å². The quantitative estimate of drug-likeness (QED) is 0.711. The van der Waals surface area contributed by atoms with Crippen LogP contribution in [0, 0.1) is 5.92 Å². The second-order valence-electron chi connectivity index (χ2n) is 4.01. The molecule has 1 amide bonds. The number of amides is 1. The molecule has 0 spiro atoms. The fourth-order valence-corrected chi connectivity index (χ4v) is 1.83. The Bertz CT molecular complexity index is 183. The monoisotopic (exact) mass is 183 g/mol. The van der Waals surface area contributed by atoms with Crippen LogP contribution in [0.1, 0.15) is 32.1 Å². The van der Waals surface area contributed by atoms with Crippen LogP contribution in [0.5, 0.6) is 0 Å². The van der Waals surface area contributed by atoms with Gasteiger partial charge in [0.25, 0.3) is 0 Å². The van der Waals surface area contributed by atoms with Crippen molar-refractivity contribution in [2.75, 3.05) is 13.2 Å². The van der Waals surface area contributed by atoms with Crippen LogP contribution in [0.15, 0.2) is 0 Å². The Balaban J connectivity index is 1.63. The van der Waals surface area contributed by atoms with E-state index in [4.69, 9.17) is 4.74 Å². The zero-order valence-corrected chi connectivity index (χ0v) is 7.92. The molecule has 74 valence electrons. The molecule has 1 N–H and O–H groups in total. The van der Waals surface area contributed by atoms with E-state index in [9.17, 15) is 4.79 Å². The molecule has 0 aromatic heterocycles. The Labute approximate surface area is 78.8 Å². The lowest BCUT2D eigenvalue weighted by Crippen LogP contribution is -2.38. The van der Waals surface area contributed by atoms with Gasteiger partial charge in [0.2, 0.25) is 5.91 Å². The van der Waals surface area contributed by atoms with Crippen LogP contribution in [-0.4, -0.2) is 25.2 Å². The highest BCUT2D eigenvalue weighted by molar-refractivity contribution is 5.79. The highest BCUT2D eigenvalue weighted by atomic mass is 16.5. The SMILES string of the molecule is O=C(NCC1CCCO1)C1CCC1. The average Bonchev–Trinajstić information content (AvgIpc) is 2.49. The number of hydrogen-bond donors (Lipinski definition) is 1. The Morgan fingerprint density at radius 2 is 2.15 bits per heavy atom. The summed E-state index contributed by atoms with van der Waals surface area (Å²) in [5.41, 5.74) is 0. The number of ether oxygens (including phenoxy) is 1. The minimum atomic E-state index is 0.238. The molecule has 0 aromatic carbocycles. The summed E-state index contributed by atoms with van der Waals surface area (Å²) in [6.07, 6.45) is 5.91. The Morgan fingerprint density at radius 3 is 2.69 bits per heavy atom. The highest BCUT2D eigenvalue weighted by Gasteiger charge is 2.26.